The molecule has 0 unspecified atom stereocenters. The molecule has 152 valence electrons. The second kappa shape index (κ2) is 9.95. The molecule has 0 saturated heterocycles. The molecule has 28 heavy (non-hydrogen) atoms. The number of aromatic nitrogens is 1. The van der Waals surface area contributed by atoms with Crippen LogP contribution in [0.15, 0.2) is 47.6 Å². The van der Waals surface area contributed by atoms with E-state index in [2.05, 4.69) is 10.3 Å². The maximum Gasteiger partial charge on any atom is 0.243 e. The Kier molecular flexibility index (Phi) is 7.91. The van der Waals surface area contributed by atoms with Crippen molar-refractivity contribution in [2.75, 3.05) is 25.0 Å². The van der Waals surface area contributed by atoms with Gasteiger partial charge in [0.15, 0.2) is 5.11 Å². The molecule has 0 radical (unpaired) electrons. The molecule has 0 fully saturated rings. The summed E-state index contributed by atoms with van der Waals surface area (Å²) in [5.41, 5.74) is 2.74. The number of rotatable bonds is 8. The van der Waals surface area contributed by atoms with Crippen molar-refractivity contribution in [3.05, 3.63) is 53.9 Å². The van der Waals surface area contributed by atoms with Gasteiger partial charge in [-0.1, -0.05) is 19.9 Å². The van der Waals surface area contributed by atoms with Crippen molar-refractivity contribution in [3.63, 3.8) is 0 Å². The number of anilines is 1. The maximum absolute atomic E-state index is 12.8. The second-order valence-corrected chi connectivity index (χ2v) is 8.69. The van der Waals surface area contributed by atoms with E-state index >= 15 is 0 Å². The van der Waals surface area contributed by atoms with Gasteiger partial charge in [0.05, 0.1) is 4.90 Å². The third-order valence-electron chi connectivity index (χ3n) is 4.59. The second-order valence-electron chi connectivity index (χ2n) is 6.37. The molecule has 0 aliphatic rings. The average Bonchev–Trinajstić information content (AvgIpc) is 2.69. The van der Waals surface area contributed by atoms with Crippen LogP contribution in [0.3, 0.4) is 0 Å². The quantitative estimate of drug-likeness (QED) is 0.658. The largest absolute Gasteiger partial charge is 0.345 e. The fourth-order valence-corrected chi connectivity index (χ4v) is 4.63. The number of aryl methyl sites for hydroxylation is 1. The molecule has 0 saturated carbocycles. The summed E-state index contributed by atoms with van der Waals surface area (Å²) in [6.45, 7) is 9.88. The molecular formula is C20H28N4O2S2. The van der Waals surface area contributed by atoms with Crippen molar-refractivity contribution in [2.24, 2.45) is 0 Å². The SMILES string of the molecule is CCN(Cc1ccncc1)C(=S)Nc1cc(S(=O)(=O)N(CC)CC)ccc1C. The summed E-state index contributed by atoms with van der Waals surface area (Å²) in [6.07, 6.45) is 3.51. The zero-order valence-corrected chi connectivity index (χ0v) is 18.5. The summed E-state index contributed by atoms with van der Waals surface area (Å²) in [7, 11) is -3.52. The Labute approximate surface area is 173 Å². The van der Waals surface area contributed by atoms with Gasteiger partial charge >= 0.3 is 0 Å². The Morgan fingerprint density at radius 2 is 1.71 bits per heavy atom. The van der Waals surface area contributed by atoms with Crippen molar-refractivity contribution in [2.45, 2.75) is 39.1 Å². The highest BCUT2D eigenvalue weighted by atomic mass is 32.2. The minimum atomic E-state index is -3.52. The van der Waals surface area contributed by atoms with Gasteiger partial charge in [-0.2, -0.15) is 4.31 Å². The van der Waals surface area contributed by atoms with E-state index in [1.165, 1.54) is 4.31 Å². The first kappa shape index (κ1) is 22.3. The maximum atomic E-state index is 12.8. The first-order valence-electron chi connectivity index (χ1n) is 9.39. The van der Waals surface area contributed by atoms with Gasteiger partial charge < -0.3 is 10.2 Å². The van der Waals surface area contributed by atoms with Crippen LogP contribution in [0.4, 0.5) is 5.69 Å². The smallest absolute Gasteiger partial charge is 0.243 e. The summed E-state index contributed by atoms with van der Waals surface area (Å²) < 4.78 is 27.1. The molecule has 2 aromatic rings. The summed E-state index contributed by atoms with van der Waals surface area (Å²) in [4.78, 5) is 6.33. The number of pyridine rings is 1. The van der Waals surface area contributed by atoms with Crippen LogP contribution in [0, 0.1) is 6.92 Å². The van der Waals surface area contributed by atoms with Gasteiger partial charge in [-0.3, -0.25) is 4.98 Å². The van der Waals surface area contributed by atoms with Crippen LogP contribution in [0.5, 0.6) is 0 Å². The lowest BCUT2D eigenvalue weighted by molar-refractivity contribution is 0.442. The van der Waals surface area contributed by atoms with E-state index in [0.29, 0.717) is 30.4 Å². The van der Waals surface area contributed by atoms with Gasteiger partial charge in [-0.15, -0.1) is 0 Å². The molecule has 0 spiro atoms. The molecule has 6 nitrogen and oxygen atoms in total. The molecule has 1 N–H and O–H groups in total. The lowest BCUT2D eigenvalue weighted by Crippen LogP contribution is -2.34. The van der Waals surface area contributed by atoms with Crippen LogP contribution in [0.2, 0.25) is 0 Å². The highest BCUT2D eigenvalue weighted by Crippen LogP contribution is 2.23. The molecule has 0 atom stereocenters. The van der Waals surface area contributed by atoms with Crippen LogP contribution in [-0.2, 0) is 16.6 Å². The van der Waals surface area contributed by atoms with Gasteiger partial charge in [0.1, 0.15) is 0 Å². The minimum absolute atomic E-state index is 0.268. The van der Waals surface area contributed by atoms with Gasteiger partial charge in [-0.25, -0.2) is 8.42 Å². The van der Waals surface area contributed by atoms with Crippen molar-refractivity contribution in [1.29, 1.82) is 0 Å². The number of sulfonamides is 1. The normalized spacial score (nSPS) is 11.5. The zero-order valence-electron chi connectivity index (χ0n) is 16.8. The summed E-state index contributed by atoms with van der Waals surface area (Å²) in [5, 5.41) is 3.78. The average molecular weight is 421 g/mol. The van der Waals surface area contributed by atoms with Gasteiger partial charge in [0.25, 0.3) is 0 Å². The highest BCUT2D eigenvalue weighted by molar-refractivity contribution is 7.89. The first-order valence-corrected chi connectivity index (χ1v) is 11.2. The lowest BCUT2D eigenvalue weighted by Gasteiger charge is -2.25. The predicted octanol–water partition coefficient (Wildman–Crippen LogP) is 3.64. The molecule has 8 heteroatoms. The van der Waals surface area contributed by atoms with Crippen molar-refractivity contribution >= 4 is 33.0 Å². The van der Waals surface area contributed by atoms with E-state index in [1.54, 1.807) is 30.6 Å². The number of hydrogen-bond acceptors (Lipinski definition) is 4. The zero-order chi connectivity index (χ0) is 20.7. The Bertz CT molecular complexity index is 898. The van der Waals surface area contributed by atoms with Gasteiger partial charge in [-0.05, 0) is 61.5 Å². The molecule has 2 rings (SSSR count). The Hall–Kier alpha value is -2.03. The van der Waals surface area contributed by atoms with E-state index < -0.39 is 10.0 Å². The predicted molar refractivity (Wildman–Crippen MR) is 118 cm³/mol. The fourth-order valence-electron chi connectivity index (χ4n) is 2.84. The van der Waals surface area contributed by atoms with Crippen LogP contribution < -0.4 is 5.32 Å². The minimum Gasteiger partial charge on any atom is -0.345 e. The Balaban J connectivity index is 2.24. The van der Waals surface area contributed by atoms with Crippen LogP contribution in [0.25, 0.3) is 0 Å². The number of nitrogens with one attached hydrogen (secondary N) is 1. The monoisotopic (exact) mass is 420 g/mol. The number of benzene rings is 1. The Morgan fingerprint density at radius 3 is 2.29 bits per heavy atom. The van der Waals surface area contributed by atoms with E-state index in [-0.39, 0.29) is 4.90 Å². The highest BCUT2D eigenvalue weighted by Gasteiger charge is 2.22. The van der Waals surface area contributed by atoms with Gasteiger partial charge in [0, 0.05) is 44.3 Å². The summed E-state index contributed by atoms with van der Waals surface area (Å²) in [5.74, 6) is 0. The summed E-state index contributed by atoms with van der Waals surface area (Å²) in [6, 6.07) is 9.02. The van der Waals surface area contributed by atoms with Crippen LogP contribution >= 0.6 is 12.2 Å². The topological polar surface area (TPSA) is 65.5 Å². The fraction of sp³-hybridized carbons (Fsp3) is 0.400. The van der Waals surface area contributed by atoms with Crippen molar-refractivity contribution in [3.8, 4) is 0 Å². The molecule has 1 aromatic heterocycles. The standard InChI is InChI=1S/C20H28N4O2S2/c1-5-23(15-17-10-12-21-13-11-17)20(27)22-19-14-18(9-8-16(19)4)28(25,26)24(6-2)7-3/h8-14H,5-7,15H2,1-4H3,(H,22,27). The van der Waals surface area contributed by atoms with Gasteiger partial charge in [0.2, 0.25) is 10.0 Å². The molecule has 1 aromatic carbocycles. The number of nitrogens with zero attached hydrogens (tertiary/aromatic N) is 3. The molecule has 0 amide bonds. The first-order chi connectivity index (χ1) is 13.3. The van der Waals surface area contributed by atoms with E-state index in [1.807, 2.05) is 44.7 Å². The van der Waals surface area contributed by atoms with E-state index in [0.717, 1.165) is 17.7 Å². The lowest BCUT2D eigenvalue weighted by atomic mass is 10.2. The number of thiocarbonyl (C=S) groups is 1. The van der Waals surface area contributed by atoms with E-state index in [4.69, 9.17) is 12.2 Å². The van der Waals surface area contributed by atoms with Crippen LogP contribution in [-0.4, -0.2) is 47.4 Å². The molecule has 0 bridgehead atoms. The van der Waals surface area contributed by atoms with Crippen molar-refractivity contribution in [1.82, 2.24) is 14.2 Å². The molecule has 0 aliphatic carbocycles. The molecule has 1 heterocycles. The Morgan fingerprint density at radius 1 is 1.07 bits per heavy atom. The third kappa shape index (κ3) is 5.27. The third-order valence-corrected chi connectivity index (χ3v) is 6.99. The van der Waals surface area contributed by atoms with Crippen LogP contribution in [0.1, 0.15) is 31.9 Å². The molecular weight excluding hydrogens is 392 g/mol. The van der Waals surface area contributed by atoms with Crippen molar-refractivity contribution < 1.29 is 8.42 Å². The summed E-state index contributed by atoms with van der Waals surface area (Å²) >= 11 is 5.59. The van der Waals surface area contributed by atoms with E-state index in [9.17, 15) is 8.42 Å². The number of hydrogen-bond donors (Lipinski definition) is 1. The molecule has 0 aliphatic heterocycles.